The summed E-state index contributed by atoms with van der Waals surface area (Å²) in [5, 5.41) is 8.32. The molecule has 1 N–H and O–H groups in total. The van der Waals surface area contributed by atoms with E-state index in [1.165, 1.54) is 4.90 Å². The summed E-state index contributed by atoms with van der Waals surface area (Å²) < 4.78 is 1.77. The van der Waals surface area contributed by atoms with Crippen LogP contribution in [-0.2, 0) is 4.79 Å². The number of aromatic nitrogens is 2. The summed E-state index contributed by atoms with van der Waals surface area (Å²) in [5.41, 5.74) is 4.90. The second-order valence-electron chi connectivity index (χ2n) is 8.96. The molecule has 0 fully saturated rings. The van der Waals surface area contributed by atoms with Gasteiger partial charge in [-0.05, 0) is 63.1 Å². The third-order valence-corrected chi connectivity index (χ3v) is 6.23. The number of hydrogen-bond donors (Lipinski definition) is 1. The Hall–Kier alpha value is -3.90. The molecule has 184 valence electrons. The Kier molecular flexibility index (Phi) is 7.55. The predicted octanol–water partition coefficient (Wildman–Crippen LogP) is 6.30. The van der Waals surface area contributed by atoms with Crippen LogP contribution in [0, 0.1) is 13.8 Å². The van der Waals surface area contributed by atoms with Crippen LogP contribution in [0.1, 0.15) is 35.5 Å². The molecule has 4 rings (SSSR count). The lowest BCUT2D eigenvalue weighted by molar-refractivity contribution is -0.117. The Bertz CT molecular complexity index is 1400. The fourth-order valence-electron chi connectivity index (χ4n) is 4.17. The summed E-state index contributed by atoms with van der Waals surface area (Å²) in [6.07, 6.45) is 0. The molecule has 0 atom stereocenters. The average Bonchev–Trinajstić information content (AvgIpc) is 3.17. The molecule has 4 aromatic rings. The van der Waals surface area contributed by atoms with E-state index in [1.807, 2.05) is 82.3 Å². The lowest BCUT2D eigenvalue weighted by Gasteiger charge is -2.26. The Morgan fingerprint density at radius 2 is 1.67 bits per heavy atom. The van der Waals surface area contributed by atoms with E-state index in [2.05, 4.69) is 5.32 Å². The van der Waals surface area contributed by atoms with Gasteiger partial charge in [-0.2, -0.15) is 5.10 Å². The largest absolute Gasteiger partial charge is 0.327 e. The lowest BCUT2D eigenvalue weighted by atomic mass is 10.1. The molecule has 0 aliphatic rings. The Balaban J connectivity index is 1.71. The van der Waals surface area contributed by atoms with Crippen LogP contribution < -0.4 is 5.32 Å². The SMILES string of the molecule is Cc1ccccc1-n1nc(C)c(-c2ccccc2)c1NC(=O)CN(C(=O)c1cccc(Cl)c1)C(C)C. The number of nitrogens with zero attached hydrogens (tertiary/aromatic N) is 3. The van der Waals surface area contributed by atoms with Gasteiger partial charge in [-0.15, -0.1) is 0 Å². The third-order valence-electron chi connectivity index (χ3n) is 5.99. The van der Waals surface area contributed by atoms with Crippen LogP contribution in [0.4, 0.5) is 5.82 Å². The van der Waals surface area contributed by atoms with E-state index in [1.54, 1.807) is 28.9 Å². The van der Waals surface area contributed by atoms with Crippen LogP contribution in [0.5, 0.6) is 0 Å². The number of para-hydroxylation sites is 1. The fraction of sp³-hybridized carbons (Fsp3) is 0.207. The summed E-state index contributed by atoms with van der Waals surface area (Å²) in [6, 6.07) is 24.3. The van der Waals surface area contributed by atoms with Gasteiger partial charge in [-0.25, -0.2) is 4.68 Å². The molecule has 3 aromatic carbocycles. The van der Waals surface area contributed by atoms with Gasteiger partial charge < -0.3 is 10.2 Å². The minimum absolute atomic E-state index is 0.116. The minimum atomic E-state index is -0.314. The normalized spacial score (nSPS) is 10.9. The van der Waals surface area contributed by atoms with Gasteiger partial charge in [0.2, 0.25) is 5.91 Å². The minimum Gasteiger partial charge on any atom is -0.327 e. The molecule has 0 aliphatic heterocycles. The number of amides is 2. The molecule has 0 radical (unpaired) electrons. The van der Waals surface area contributed by atoms with Gasteiger partial charge in [0.1, 0.15) is 12.4 Å². The molecule has 0 bridgehead atoms. The van der Waals surface area contributed by atoms with Crippen molar-refractivity contribution in [2.45, 2.75) is 33.7 Å². The van der Waals surface area contributed by atoms with Crippen molar-refractivity contribution in [2.24, 2.45) is 0 Å². The maximum absolute atomic E-state index is 13.4. The first-order valence-corrected chi connectivity index (χ1v) is 12.2. The smallest absolute Gasteiger partial charge is 0.254 e. The summed E-state index contributed by atoms with van der Waals surface area (Å²) in [4.78, 5) is 28.2. The topological polar surface area (TPSA) is 67.2 Å². The van der Waals surface area contributed by atoms with Crippen LogP contribution in [-0.4, -0.2) is 39.1 Å². The fourth-order valence-corrected chi connectivity index (χ4v) is 4.36. The molecule has 1 heterocycles. The van der Waals surface area contributed by atoms with Crippen molar-refractivity contribution in [3.8, 4) is 16.8 Å². The number of halogens is 1. The third kappa shape index (κ3) is 5.34. The van der Waals surface area contributed by atoms with E-state index in [0.717, 1.165) is 28.1 Å². The van der Waals surface area contributed by atoms with E-state index in [0.29, 0.717) is 16.4 Å². The summed E-state index contributed by atoms with van der Waals surface area (Å²) >= 11 is 6.09. The molecule has 0 aliphatic carbocycles. The van der Waals surface area contributed by atoms with Gasteiger partial charge in [0.15, 0.2) is 0 Å². The number of benzene rings is 3. The second kappa shape index (κ2) is 10.8. The molecule has 7 heteroatoms. The molecular formula is C29H29ClN4O2. The first-order chi connectivity index (χ1) is 17.3. The molecule has 0 unspecified atom stereocenters. The van der Waals surface area contributed by atoms with Crippen molar-refractivity contribution < 1.29 is 9.59 Å². The van der Waals surface area contributed by atoms with Crippen LogP contribution in [0.3, 0.4) is 0 Å². The average molecular weight is 501 g/mol. The quantitative estimate of drug-likeness (QED) is 0.324. The van der Waals surface area contributed by atoms with Crippen molar-refractivity contribution in [3.05, 3.63) is 101 Å². The van der Waals surface area contributed by atoms with Gasteiger partial charge in [0.05, 0.1) is 11.4 Å². The van der Waals surface area contributed by atoms with E-state index >= 15 is 0 Å². The number of rotatable bonds is 7. The van der Waals surface area contributed by atoms with Crippen LogP contribution in [0.2, 0.25) is 5.02 Å². The molecule has 36 heavy (non-hydrogen) atoms. The number of carbonyl (C=O) groups excluding carboxylic acids is 2. The highest BCUT2D eigenvalue weighted by Crippen LogP contribution is 2.34. The van der Waals surface area contributed by atoms with E-state index in [9.17, 15) is 9.59 Å². The standard InChI is InChI=1S/C29H29ClN4O2/c1-19(2)33(29(36)23-14-10-15-24(30)17-23)18-26(35)31-28-27(22-12-6-5-7-13-22)21(4)32-34(28)25-16-9-8-11-20(25)3/h5-17,19H,18H2,1-4H3,(H,31,35). The highest BCUT2D eigenvalue weighted by Gasteiger charge is 2.25. The molecule has 6 nitrogen and oxygen atoms in total. The molecule has 0 saturated carbocycles. The molecule has 0 spiro atoms. The first kappa shape index (κ1) is 25.2. The summed E-state index contributed by atoms with van der Waals surface area (Å²) in [7, 11) is 0. The monoisotopic (exact) mass is 500 g/mol. The lowest BCUT2D eigenvalue weighted by Crippen LogP contribution is -2.42. The molecule has 1 aromatic heterocycles. The highest BCUT2D eigenvalue weighted by atomic mass is 35.5. The van der Waals surface area contributed by atoms with Gasteiger partial charge in [0, 0.05) is 22.2 Å². The van der Waals surface area contributed by atoms with Crippen molar-refractivity contribution in [1.29, 1.82) is 0 Å². The summed E-state index contributed by atoms with van der Waals surface area (Å²) in [5.74, 6) is -0.00238. The predicted molar refractivity (Wildman–Crippen MR) is 145 cm³/mol. The second-order valence-corrected chi connectivity index (χ2v) is 9.40. The van der Waals surface area contributed by atoms with Crippen LogP contribution in [0.15, 0.2) is 78.9 Å². The van der Waals surface area contributed by atoms with Crippen molar-refractivity contribution in [1.82, 2.24) is 14.7 Å². The zero-order valence-electron chi connectivity index (χ0n) is 20.8. The first-order valence-electron chi connectivity index (χ1n) is 11.8. The van der Waals surface area contributed by atoms with E-state index in [-0.39, 0.29) is 24.4 Å². The van der Waals surface area contributed by atoms with Gasteiger partial charge in [-0.3, -0.25) is 9.59 Å². The zero-order valence-corrected chi connectivity index (χ0v) is 21.6. The molecular weight excluding hydrogens is 472 g/mol. The maximum Gasteiger partial charge on any atom is 0.254 e. The van der Waals surface area contributed by atoms with E-state index in [4.69, 9.17) is 16.7 Å². The van der Waals surface area contributed by atoms with Gasteiger partial charge >= 0.3 is 0 Å². The number of hydrogen-bond acceptors (Lipinski definition) is 3. The van der Waals surface area contributed by atoms with E-state index < -0.39 is 0 Å². The Morgan fingerprint density at radius 3 is 2.33 bits per heavy atom. The Morgan fingerprint density at radius 1 is 0.972 bits per heavy atom. The van der Waals surface area contributed by atoms with Gasteiger partial charge in [0.25, 0.3) is 5.91 Å². The highest BCUT2D eigenvalue weighted by molar-refractivity contribution is 6.31. The number of anilines is 1. The number of carbonyl (C=O) groups is 2. The van der Waals surface area contributed by atoms with Gasteiger partial charge in [-0.1, -0.05) is 66.2 Å². The molecule has 2 amide bonds. The maximum atomic E-state index is 13.4. The number of nitrogens with one attached hydrogen (secondary N) is 1. The summed E-state index contributed by atoms with van der Waals surface area (Å²) in [6.45, 7) is 7.58. The van der Waals surface area contributed by atoms with Crippen molar-refractivity contribution in [3.63, 3.8) is 0 Å². The van der Waals surface area contributed by atoms with Crippen LogP contribution in [0.25, 0.3) is 16.8 Å². The number of aryl methyl sites for hydroxylation is 2. The van der Waals surface area contributed by atoms with Crippen molar-refractivity contribution >= 4 is 29.2 Å². The van der Waals surface area contributed by atoms with Crippen LogP contribution >= 0.6 is 11.6 Å². The Labute approximate surface area is 216 Å². The molecule has 0 saturated heterocycles. The zero-order chi connectivity index (χ0) is 25.8. The van der Waals surface area contributed by atoms with Crippen molar-refractivity contribution in [2.75, 3.05) is 11.9 Å².